The molecule has 2 fully saturated rings. The fourth-order valence-corrected chi connectivity index (χ4v) is 4.18. The Bertz CT molecular complexity index is 490. The Morgan fingerprint density at radius 1 is 1.09 bits per heavy atom. The second-order valence-electron chi connectivity index (χ2n) is 7.77. The van der Waals surface area contributed by atoms with Gasteiger partial charge in [0.1, 0.15) is 0 Å². The zero-order valence-electron chi connectivity index (χ0n) is 14.6. The summed E-state index contributed by atoms with van der Waals surface area (Å²) < 4.78 is 0. The van der Waals surface area contributed by atoms with E-state index in [0.717, 1.165) is 11.8 Å². The van der Waals surface area contributed by atoms with Crippen molar-refractivity contribution in [1.82, 2.24) is 5.32 Å². The quantitative estimate of drug-likeness (QED) is 0.892. The van der Waals surface area contributed by atoms with Crippen molar-refractivity contribution in [2.24, 2.45) is 11.8 Å². The third-order valence-corrected chi connectivity index (χ3v) is 5.69. The van der Waals surface area contributed by atoms with Crippen LogP contribution in [-0.4, -0.2) is 25.7 Å². The van der Waals surface area contributed by atoms with Gasteiger partial charge >= 0.3 is 0 Å². The maximum atomic E-state index is 3.88. The molecular formula is C20H32N2. The Morgan fingerprint density at radius 3 is 2.59 bits per heavy atom. The second-order valence-corrected chi connectivity index (χ2v) is 7.77. The van der Waals surface area contributed by atoms with E-state index in [4.69, 9.17) is 0 Å². The van der Waals surface area contributed by atoms with Gasteiger partial charge in [0.25, 0.3) is 0 Å². The zero-order chi connectivity index (χ0) is 15.5. The van der Waals surface area contributed by atoms with Crippen LogP contribution < -0.4 is 10.2 Å². The van der Waals surface area contributed by atoms with Crippen LogP contribution in [0.1, 0.15) is 50.2 Å². The van der Waals surface area contributed by atoms with Gasteiger partial charge in [-0.2, -0.15) is 0 Å². The Hall–Kier alpha value is -1.02. The summed E-state index contributed by atoms with van der Waals surface area (Å²) in [6.45, 7) is 10.4. The van der Waals surface area contributed by atoms with Gasteiger partial charge in [-0.05, 0) is 74.8 Å². The minimum Gasteiger partial charge on any atom is -0.370 e. The lowest BCUT2D eigenvalue weighted by molar-refractivity contribution is 0.332. The molecule has 1 aliphatic heterocycles. The largest absolute Gasteiger partial charge is 0.370 e. The van der Waals surface area contributed by atoms with E-state index in [0.29, 0.717) is 6.04 Å². The molecule has 2 heteroatoms. The van der Waals surface area contributed by atoms with Gasteiger partial charge < -0.3 is 10.2 Å². The van der Waals surface area contributed by atoms with E-state index in [-0.39, 0.29) is 0 Å². The zero-order valence-corrected chi connectivity index (χ0v) is 14.6. The van der Waals surface area contributed by atoms with E-state index in [9.17, 15) is 0 Å². The van der Waals surface area contributed by atoms with Gasteiger partial charge in [-0.25, -0.2) is 0 Å². The molecule has 1 saturated carbocycles. The van der Waals surface area contributed by atoms with Crippen LogP contribution in [0.25, 0.3) is 0 Å². The number of hydrogen-bond donors (Lipinski definition) is 1. The highest BCUT2D eigenvalue weighted by atomic mass is 15.2. The molecule has 1 aliphatic carbocycles. The van der Waals surface area contributed by atoms with Gasteiger partial charge in [-0.3, -0.25) is 0 Å². The number of benzene rings is 1. The Labute approximate surface area is 136 Å². The molecule has 2 unspecified atom stereocenters. The Morgan fingerprint density at radius 2 is 1.86 bits per heavy atom. The van der Waals surface area contributed by atoms with Crippen molar-refractivity contribution in [2.75, 3.05) is 24.5 Å². The van der Waals surface area contributed by atoms with E-state index in [1.165, 1.54) is 68.6 Å². The molecule has 1 saturated heterocycles. The molecule has 0 radical (unpaired) electrons. The highest BCUT2D eigenvalue weighted by Gasteiger charge is 2.26. The Kier molecular flexibility index (Phi) is 5.07. The van der Waals surface area contributed by atoms with Crippen molar-refractivity contribution in [3.05, 3.63) is 29.3 Å². The number of nitrogens with zero attached hydrogens (tertiary/aromatic N) is 1. The maximum absolute atomic E-state index is 3.88. The standard InChI is InChI=1S/C20H32N2/c1-15-10-19(21-12-18-6-4-5-7-18)14-22(13-15)20-9-8-16(2)17(3)11-20/h8-9,11,15,18-19,21H,4-7,10,12-14H2,1-3H3. The summed E-state index contributed by atoms with van der Waals surface area (Å²) >= 11 is 0. The number of piperidine rings is 1. The van der Waals surface area contributed by atoms with Gasteiger partial charge in [-0.15, -0.1) is 0 Å². The van der Waals surface area contributed by atoms with Gasteiger partial charge in [0.05, 0.1) is 0 Å². The molecule has 0 bridgehead atoms. The summed E-state index contributed by atoms with van der Waals surface area (Å²) in [5.41, 5.74) is 4.21. The van der Waals surface area contributed by atoms with Crippen molar-refractivity contribution >= 4 is 5.69 Å². The number of anilines is 1. The molecule has 1 aromatic rings. The van der Waals surface area contributed by atoms with Crippen LogP contribution in [0.3, 0.4) is 0 Å². The predicted molar refractivity (Wildman–Crippen MR) is 95.7 cm³/mol. The van der Waals surface area contributed by atoms with Crippen LogP contribution in [0, 0.1) is 25.7 Å². The summed E-state index contributed by atoms with van der Waals surface area (Å²) in [7, 11) is 0. The average molecular weight is 300 g/mol. The topological polar surface area (TPSA) is 15.3 Å². The predicted octanol–water partition coefficient (Wildman–Crippen LogP) is 4.30. The van der Waals surface area contributed by atoms with E-state index >= 15 is 0 Å². The molecule has 0 amide bonds. The third kappa shape index (κ3) is 3.84. The first-order chi connectivity index (χ1) is 10.6. The van der Waals surface area contributed by atoms with Gasteiger partial charge in [-0.1, -0.05) is 25.8 Å². The molecule has 1 heterocycles. The number of hydrogen-bond acceptors (Lipinski definition) is 2. The molecule has 2 aliphatic rings. The fraction of sp³-hybridized carbons (Fsp3) is 0.700. The molecule has 3 rings (SSSR count). The van der Waals surface area contributed by atoms with Crippen LogP contribution in [-0.2, 0) is 0 Å². The lowest BCUT2D eigenvalue weighted by Crippen LogP contribution is -2.49. The fourth-order valence-electron chi connectivity index (χ4n) is 4.18. The number of aryl methyl sites for hydroxylation is 2. The van der Waals surface area contributed by atoms with Crippen molar-refractivity contribution < 1.29 is 0 Å². The minimum atomic E-state index is 0.658. The van der Waals surface area contributed by atoms with Crippen LogP contribution in [0.4, 0.5) is 5.69 Å². The van der Waals surface area contributed by atoms with E-state index in [1.54, 1.807) is 0 Å². The van der Waals surface area contributed by atoms with Gasteiger partial charge in [0.15, 0.2) is 0 Å². The van der Waals surface area contributed by atoms with Crippen molar-refractivity contribution in [3.8, 4) is 0 Å². The molecule has 22 heavy (non-hydrogen) atoms. The van der Waals surface area contributed by atoms with Gasteiger partial charge in [0.2, 0.25) is 0 Å². The molecule has 1 N–H and O–H groups in total. The summed E-state index contributed by atoms with van der Waals surface area (Å²) in [5, 5.41) is 3.88. The third-order valence-electron chi connectivity index (χ3n) is 5.69. The molecule has 0 aromatic heterocycles. The first kappa shape index (κ1) is 15.9. The number of nitrogens with one attached hydrogen (secondary N) is 1. The van der Waals surface area contributed by atoms with E-state index < -0.39 is 0 Å². The normalized spacial score (nSPS) is 26.6. The monoisotopic (exact) mass is 300 g/mol. The first-order valence-electron chi connectivity index (χ1n) is 9.17. The molecule has 2 nitrogen and oxygen atoms in total. The lowest BCUT2D eigenvalue weighted by Gasteiger charge is -2.39. The van der Waals surface area contributed by atoms with Crippen molar-refractivity contribution in [2.45, 2.75) is 58.9 Å². The summed E-state index contributed by atoms with van der Waals surface area (Å²) in [6.07, 6.45) is 7.10. The van der Waals surface area contributed by atoms with E-state index in [2.05, 4.69) is 49.2 Å². The van der Waals surface area contributed by atoms with Crippen LogP contribution in [0.2, 0.25) is 0 Å². The summed E-state index contributed by atoms with van der Waals surface area (Å²) in [5.74, 6) is 1.71. The smallest absolute Gasteiger partial charge is 0.0369 e. The van der Waals surface area contributed by atoms with Crippen LogP contribution in [0.5, 0.6) is 0 Å². The second kappa shape index (κ2) is 7.04. The molecule has 2 atom stereocenters. The highest BCUT2D eigenvalue weighted by molar-refractivity contribution is 5.51. The first-order valence-corrected chi connectivity index (χ1v) is 9.17. The lowest BCUT2D eigenvalue weighted by atomic mass is 9.94. The number of rotatable bonds is 4. The molecular weight excluding hydrogens is 268 g/mol. The summed E-state index contributed by atoms with van der Waals surface area (Å²) in [6, 6.07) is 7.59. The van der Waals surface area contributed by atoms with Crippen molar-refractivity contribution in [3.63, 3.8) is 0 Å². The van der Waals surface area contributed by atoms with Crippen LogP contribution >= 0.6 is 0 Å². The van der Waals surface area contributed by atoms with E-state index in [1.807, 2.05) is 0 Å². The summed E-state index contributed by atoms with van der Waals surface area (Å²) in [4.78, 5) is 2.59. The van der Waals surface area contributed by atoms with Gasteiger partial charge in [0, 0.05) is 24.8 Å². The molecule has 122 valence electrons. The molecule has 0 spiro atoms. The van der Waals surface area contributed by atoms with Crippen LogP contribution in [0.15, 0.2) is 18.2 Å². The Balaban J connectivity index is 1.60. The molecule has 1 aromatic carbocycles. The average Bonchev–Trinajstić information content (AvgIpc) is 3.01. The SMILES string of the molecule is Cc1ccc(N2CC(C)CC(NCC3CCCC3)C2)cc1C. The maximum Gasteiger partial charge on any atom is 0.0369 e. The van der Waals surface area contributed by atoms with Crippen molar-refractivity contribution in [1.29, 1.82) is 0 Å². The minimum absolute atomic E-state index is 0.658. The highest BCUT2D eigenvalue weighted by Crippen LogP contribution is 2.27.